The molecule has 0 bridgehead atoms. The Hall–Kier alpha value is -2.92. The van der Waals surface area contributed by atoms with Crippen LogP contribution < -0.4 is 43.7 Å². The molecule has 8 nitrogen and oxygen atoms in total. The quantitative estimate of drug-likeness (QED) is 0.199. The maximum atomic E-state index is 4.41. The van der Waals surface area contributed by atoms with Gasteiger partial charge in [-0.2, -0.15) is 0 Å². The number of aromatic nitrogens is 2. The number of nitrogens with zero attached hydrogens (tertiary/aromatic N) is 8. The minimum Gasteiger partial charge on any atom is -1.00 e. The molecule has 0 aliphatic carbocycles. The van der Waals surface area contributed by atoms with Crippen molar-refractivity contribution in [2.75, 3.05) is 37.0 Å². The highest BCUT2D eigenvalue weighted by Gasteiger charge is 2.12. The van der Waals surface area contributed by atoms with Crippen molar-refractivity contribution in [3.63, 3.8) is 0 Å². The molecule has 0 saturated carbocycles. The van der Waals surface area contributed by atoms with Crippen molar-refractivity contribution >= 4 is 55.7 Å². The van der Waals surface area contributed by atoms with E-state index in [1.807, 2.05) is 58.5 Å². The third kappa shape index (κ3) is 8.53. The number of thiazole rings is 2. The van der Waals surface area contributed by atoms with E-state index in [4.69, 9.17) is 0 Å². The molecule has 0 radical (unpaired) electrons. The van der Waals surface area contributed by atoms with E-state index in [0.717, 1.165) is 41.1 Å². The van der Waals surface area contributed by atoms with Crippen molar-refractivity contribution in [2.45, 2.75) is 20.3 Å². The molecular weight excluding hydrogens is 571 g/mol. The fraction of sp³-hybridized carbons (Fsp3) is 0.333. The van der Waals surface area contributed by atoms with Crippen LogP contribution >= 0.6 is 22.7 Å². The molecule has 4 rings (SSSR count). The SMILES string of the molecule is Cc1cc(N=Nc2scc[n+]2C)ccc1N(C)CCCN(C)c1ccc(N=Nc2scc[n+]2C)cc1C.[Cl-].[Cl-]. The van der Waals surface area contributed by atoms with Crippen LogP contribution in [0.3, 0.4) is 0 Å². The lowest BCUT2D eigenvalue weighted by Gasteiger charge is -2.25. The second kappa shape index (κ2) is 15.0. The lowest BCUT2D eigenvalue weighted by atomic mass is 10.1. The molecule has 0 aliphatic rings. The van der Waals surface area contributed by atoms with Gasteiger partial charge in [-0.15, -0.1) is 0 Å². The second-order valence-electron chi connectivity index (χ2n) is 9.13. The van der Waals surface area contributed by atoms with Crippen molar-refractivity contribution in [3.8, 4) is 0 Å². The van der Waals surface area contributed by atoms with Crippen LogP contribution in [0.2, 0.25) is 0 Å². The molecule has 2 aromatic carbocycles. The lowest BCUT2D eigenvalue weighted by Crippen LogP contribution is -3.00. The summed E-state index contributed by atoms with van der Waals surface area (Å²) in [6, 6.07) is 12.5. The summed E-state index contributed by atoms with van der Waals surface area (Å²) in [5.74, 6) is 0. The largest absolute Gasteiger partial charge is 1.00 e. The van der Waals surface area contributed by atoms with Crippen LogP contribution in [0.5, 0.6) is 0 Å². The summed E-state index contributed by atoms with van der Waals surface area (Å²) < 4.78 is 3.93. The van der Waals surface area contributed by atoms with Gasteiger partial charge in [-0.1, -0.05) is 0 Å². The van der Waals surface area contributed by atoms with Gasteiger partial charge in [0.05, 0.1) is 24.3 Å². The molecule has 4 aromatic rings. The van der Waals surface area contributed by atoms with Gasteiger partial charge in [0.1, 0.15) is 23.8 Å². The predicted octanol–water partition coefficient (Wildman–Crippen LogP) is 0.877. The highest BCUT2D eigenvalue weighted by Crippen LogP contribution is 2.28. The van der Waals surface area contributed by atoms with Crippen molar-refractivity contribution in [1.29, 1.82) is 0 Å². The first kappa shape index (κ1) is 32.3. The summed E-state index contributed by atoms with van der Waals surface area (Å²) in [6.45, 7) is 6.17. The maximum Gasteiger partial charge on any atom is 0.408 e. The Kier molecular flexibility index (Phi) is 12.4. The standard InChI is InChI=1S/C27H34N8S2.2ClH/c1-20-18-22(28-30-26-34(5)14-16-36-26)8-10-24(20)32(3)12-7-13-33(4)25-11-9-23(19-21(25)2)29-31-27-35(6)15-17-37-27;;/h8-11,14-19H,7,12-13H2,1-6H3;2*1H/q+2;;/p-2. The summed E-state index contributed by atoms with van der Waals surface area (Å²) in [7, 11) is 8.24. The van der Waals surface area contributed by atoms with E-state index in [2.05, 4.69) is 82.5 Å². The molecule has 0 fully saturated rings. The first-order valence-corrected chi connectivity index (χ1v) is 13.9. The Morgan fingerprint density at radius 3 is 1.41 bits per heavy atom. The van der Waals surface area contributed by atoms with Gasteiger partial charge in [-0.05, 0) is 101 Å². The van der Waals surface area contributed by atoms with E-state index in [0.29, 0.717) is 0 Å². The number of halogens is 2. The molecule has 0 aliphatic heterocycles. The van der Waals surface area contributed by atoms with Crippen LogP contribution in [0, 0.1) is 13.8 Å². The fourth-order valence-electron chi connectivity index (χ4n) is 4.09. The van der Waals surface area contributed by atoms with Gasteiger partial charge in [0.15, 0.2) is 0 Å². The molecule has 0 unspecified atom stereocenters. The summed E-state index contributed by atoms with van der Waals surface area (Å²) in [4.78, 5) is 4.62. The predicted molar refractivity (Wildman–Crippen MR) is 153 cm³/mol. The minimum absolute atomic E-state index is 0. The fourth-order valence-corrected chi connectivity index (χ4v) is 5.45. The smallest absolute Gasteiger partial charge is 0.408 e. The van der Waals surface area contributed by atoms with Crippen LogP contribution in [-0.4, -0.2) is 27.2 Å². The first-order chi connectivity index (χ1) is 17.8. The molecule has 12 heteroatoms. The average molecular weight is 606 g/mol. The second-order valence-corrected chi connectivity index (χ2v) is 10.9. The van der Waals surface area contributed by atoms with Gasteiger partial charge < -0.3 is 34.6 Å². The van der Waals surface area contributed by atoms with Gasteiger partial charge >= 0.3 is 10.3 Å². The zero-order valence-corrected chi connectivity index (χ0v) is 26.2. The molecule has 0 N–H and O–H groups in total. The molecule has 2 heterocycles. The normalized spacial score (nSPS) is 11.0. The van der Waals surface area contributed by atoms with E-state index in [-0.39, 0.29) is 24.8 Å². The minimum atomic E-state index is 0. The van der Waals surface area contributed by atoms with Crippen molar-refractivity contribution in [1.82, 2.24) is 0 Å². The van der Waals surface area contributed by atoms with Crippen molar-refractivity contribution in [2.24, 2.45) is 34.6 Å². The van der Waals surface area contributed by atoms with Gasteiger partial charge in [0.25, 0.3) is 0 Å². The Labute approximate surface area is 251 Å². The highest BCUT2D eigenvalue weighted by atomic mass is 35.5. The average Bonchev–Trinajstić information content (AvgIpc) is 3.48. The van der Waals surface area contributed by atoms with Gasteiger partial charge in [-0.3, -0.25) is 0 Å². The van der Waals surface area contributed by atoms with Gasteiger partial charge in [-0.25, -0.2) is 9.13 Å². The summed E-state index contributed by atoms with van der Waals surface area (Å²) in [6.07, 6.45) is 5.00. The van der Waals surface area contributed by atoms with Crippen molar-refractivity contribution < 1.29 is 33.9 Å². The highest BCUT2D eigenvalue weighted by molar-refractivity contribution is 7.13. The Morgan fingerprint density at radius 2 is 1.08 bits per heavy atom. The molecule has 0 amide bonds. The van der Waals surface area contributed by atoms with E-state index in [9.17, 15) is 0 Å². The first-order valence-electron chi connectivity index (χ1n) is 12.1. The van der Waals surface area contributed by atoms with E-state index >= 15 is 0 Å². The number of anilines is 2. The van der Waals surface area contributed by atoms with Gasteiger partial charge in [0, 0.05) is 49.3 Å². The topological polar surface area (TPSA) is 63.7 Å². The Balaban J connectivity index is 0.00000267. The molecule has 0 spiro atoms. The number of rotatable bonds is 10. The van der Waals surface area contributed by atoms with Gasteiger partial charge in [0.2, 0.25) is 0 Å². The summed E-state index contributed by atoms with van der Waals surface area (Å²) in [5, 5.41) is 23.3. The summed E-state index contributed by atoms with van der Waals surface area (Å²) >= 11 is 3.15. The van der Waals surface area contributed by atoms with Crippen LogP contribution in [-0.2, 0) is 14.1 Å². The Morgan fingerprint density at radius 1 is 0.667 bits per heavy atom. The third-order valence-corrected chi connectivity index (χ3v) is 7.87. The molecular formula is C27H34Cl2N8S2. The van der Waals surface area contributed by atoms with E-state index < -0.39 is 0 Å². The Bertz CT molecular complexity index is 1310. The molecule has 0 saturated heterocycles. The maximum absolute atomic E-state index is 4.41. The number of aryl methyl sites for hydroxylation is 4. The zero-order chi connectivity index (χ0) is 26.4. The summed E-state index contributed by atoms with van der Waals surface area (Å²) in [5.41, 5.74) is 6.55. The third-order valence-electron chi connectivity index (χ3n) is 6.19. The number of azo groups is 2. The number of hydrogen-bond donors (Lipinski definition) is 0. The van der Waals surface area contributed by atoms with Crippen LogP contribution in [0.25, 0.3) is 0 Å². The van der Waals surface area contributed by atoms with Crippen LogP contribution in [0.1, 0.15) is 17.5 Å². The number of benzene rings is 2. The van der Waals surface area contributed by atoms with E-state index in [1.54, 1.807) is 22.7 Å². The molecule has 2 aromatic heterocycles. The zero-order valence-electron chi connectivity index (χ0n) is 23.0. The van der Waals surface area contributed by atoms with Crippen LogP contribution in [0.4, 0.5) is 33.0 Å². The van der Waals surface area contributed by atoms with Crippen molar-refractivity contribution in [3.05, 3.63) is 70.7 Å². The van der Waals surface area contributed by atoms with E-state index in [1.165, 1.54) is 22.5 Å². The molecule has 39 heavy (non-hydrogen) atoms. The molecule has 208 valence electrons. The molecule has 0 atom stereocenters. The monoisotopic (exact) mass is 604 g/mol. The lowest BCUT2D eigenvalue weighted by molar-refractivity contribution is -0.654. The number of hydrogen-bond acceptors (Lipinski definition) is 8. The van der Waals surface area contributed by atoms with Crippen LogP contribution in [0.15, 0.2) is 80.0 Å².